The Balaban J connectivity index is 1.61. The molecule has 1 aliphatic carbocycles. The molecule has 1 saturated heterocycles. The van der Waals surface area contributed by atoms with Gasteiger partial charge in [-0.3, -0.25) is 4.90 Å². The lowest BCUT2D eigenvalue weighted by Crippen LogP contribution is -2.45. The van der Waals surface area contributed by atoms with Crippen molar-refractivity contribution < 1.29 is 5.11 Å². The zero-order valence-electron chi connectivity index (χ0n) is 12.9. The van der Waals surface area contributed by atoms with Gasteiger partial charge in [-0.15, -0.1) is 0 Å². The molecule has 1 aliphatic heterocycles. The smallest absolute Gasteiger partial charge is 0.119 e. The number of nitrogens with zero attached hydrogens (tertiary/aromatic N) is 1. The molecule has 114 valence electrons. The fraction of sp³-hybridized carbons (Fsp3) is 0.400. The summed E-state index contributed by atoms with van der Waals surface area (Å²) in [4.78, 5) is 2.66. The summed E-state index contributed by atoms with van der Waals surface area (Å²) in [6.07, 6.45) is 4.69. The van der Waals surface area contributed by atoms with Crippen LogP contribution in [0.2, 0.25) is 0 Å². The maximum absolute atomic E-state index is 10.1. The summed E-state index contributed by atoms with van der Waals surface area (Å²) in [6, 6.07) is 17.5. The van der Waals surface area contributed by atoms with E-state index >= 15 is 0 Å². The first-order valence-electron chi connectivity index (χ1n) is 8.41. The van der Waals surface area contributed by atoms with Gasteiger partial charge in [0.05, 0.1) is 0 Å². The first-order chi connectivity index (χ1) is 10.8. The fourth-order valence-electron chi connectivity index (χ4n) is 4.39. The number of benzene rings is 2. The van der Waals surface area contributed by atoms with Gasteiger partial charge in [-0.05, 0) is 60.9 Å². The molecule has 0 amide bonds. The van der Waals surface area contributed by atoms with Gasteiger partial charge < -0.3 is 5.11 Å². The third-order valence-corrected chi connectivity index (χ3v) is 5.40. The lowest BCUT2D eigenvalue weighted by atomic mass is 9.74. The molecule has 2 heteroatoms. The summed E-state index contributed by atoms with van der Waals surface area (Å²) in [5.74, 6) is 1.09. The first-order valence-corrected chi connectivity index (χ1v) is 8.41. The van der Waals surface area contributed by atoms with E-state index in [0.29, 0.717) is 17.7 Å². The third kappa shape index (κ3) is 2.42. The van der Waals surface area contributed by atoms with E-state index in [4.69, 9.17) is 0 Å². The second-order valence-corrected chi connectivity index (χ2v) is 6.66. The normalized spacial score (nSPS) is 24.5. The van der Waals surface area contributed by atoms with Gasteiger partial charge >= 0.3 is 0 Å². The van der Waals surface area contributed by atoms with Gasteiger partial charge in [0.2, 0.25) is 0 Å². The van der Waals surface area contributed by atoms with Crippen molar-refractivity contribution in [2.45, 2.75) is 44.2 Å². The highest BCUT2D eigenvalue weighted by Gasteiger charge is 2.36. The molecule has 2 nitrogen and oxygen atoms in total. The van der Waals surface area contributed by atoms with Crippen LogP contribution in [0.1, 0.15) is 41.9 Å². The number of phenols is 1. The number of hydrogen-bond acceptors (Lipinski definition) is 2. The van der Waals surface area contributed by atoms with Gasteiger partial charge in [0.15, 0.2) is 0 Å². The van der Waals surface area contributed by atoms with E-state index in [1.54, 1.807) is 0 Å². The molecule has 2 aliphatic rings. The van der Waals surface area contributed by atoms with E-state index in [-0.39, 0.29) is 0 Å². The molecule has 22 heavy (non-hydrogen) atoms. The Morgan fingerprint density at radius 1 is 1.00 bits per heavy atom. The average Bonchev–Trinajstić information content (AvgIpc) is 2.56. The summed E-state index contributed by atoms with van der Waals surface area (Å²) in [5.41, 5.74) is 4.00. The predicted molar refractivity (Wildman–Crippen MR) is 89.0 cm³/mol. The maximum atomic E-state index is 10.1. The minimum absolute atomic E-state index is 0.496. The van der Waals surface area contributed by atoms with Crippen LogP contribution in [0.4, 0.5) is 0 Å². The van der Waals surface area contributed by atoms with E-state index in [1.165, 1.54) is 42.5 Å². The van der Waals surface area contributed by atoms with Crippen molar-refractivity contribution in [3.05, 3.63) is 65.2 Å². The molecule has 2 aromatic rings. The van der Waals surface area contributed by atoms with Crippen molar-refractivity contribution >= 4 is 0 Å². The fourth-order valence-corrected chi connectivity index (χ4v) is 4.39. The summed E-state index contributed by atoms with van der Waals surface area (Å²) < 4.78 is 0. The zero-order chi connectivity index (χ0) is 14.9. The molecule has 0 bridgehead atoms. The molecular formula is C20H23NO. The average molecular weight is 293 g/mol. The molecular weight excluding hydrogens is 270 g/mol. The molecule has 4 rings (SSSR count). The first kappa shape index (κ1) is 13.8. The lowest BCUT2D eigenvalue weighted by molar-refractivity contribution is 0.104. The van der Waals surface area contributed by atoms with E-state index in [9.17, 15) is 5.11 Å². The summed E-state index contributed by atoms with van der Waals surface area (Å²) in [5, 5.41) is 10.1. The summed E-state index contributed by atoms with van der Waals surface area (Å²) >= 11 is 0. The molecule has 0 unspecified atom stereocenters. The SMILES string of the molecule is Oc1cccc2c1CC[C@@H]1[C@@H]2CCCN1Cc1ccccc1. The van der Waals surface area contributed by atoms with Crippen LogP contribution in [-0.2, 0) is 13.0 Å². The maximum Gasteiger partial charge on any atom is 0.119 e. The van der Waals surface area contributed by atoms with E-state index in [1.807, 2.05) is 12.1 Å². The van der Waals surface area contributed by atoms with E-state index in [0.717, 1.165) is 13.0 Å². The van der Waals surface area contributed by atoms with Crippen molar-refractivity contribution in [2.75, 3.05) is 6.54 Å². The molecule has 0 radical (unpaired) electrons. The summed E-state index contributed by atoms with van der Waals surface area (Å²) in [7, 11) is 0. The number of hydrogen-bond donors (Lipinski definition) is 1. The second-order valence-electron chi connectivity index (χ2n) is 6.66. The topological polar surface area (TPSA) is 23.5 Å². The van der Waals surface area contributed by atoms with Crippen LogP contribution in [0.5, 0.6) is 5.75 Å². The van der Waals surface area contributed by atoms with Gasteiger partial charge in [-0.25, -0.2) is 0 Å². The van der Waals surface area contributed by atoms with Crippen LogP contribution < -0.4 is 0 Å². The molecule has 2 atom stereocenters. The van der Waals surface area contributed by atoms with Crippen molar-refractivity contribution in [3.63, 3.8) is 0 Å². The standard InChI is InChI=1S/C20H23NO/c22-20-10-4-8-16-17-9-5-13-21(19(17)12-11-18(16)20)14-15-6-2-1-3-7-15/h1-4,6-8,10,17,19,22H,5,9,11-14H2/t17-,19-/m1/s1. The Bertz CT molecular complexity index is 652. The van der Waals surface area contributed by atoms with E-state index < -0.39 is 0 Å². The highest BCUT2D eigenvalue weighted by atomic mass is 16.3. The monoisotopic (exact) mass is 293 g/mol. The number of fused-ring (bicyclic) bond motifs is 3. The molecule has 0 saturated carbocycles. The van der Waals surface area contributed by atoms with Crippen molar-refractivity contribution in [1.82, 2.24) is 4.90 Å². The zero-order valence-corrected chi connectivity index (χ0v) is 12.9. The summed E-state index contributed by atoms with van der Waals surface area (Å²) in [6.45, 7) is 2.25. The van der Waals surface area contributed by atoms with Gasteiger partial charge in [0, 0.05) is 12.6 Å². The molecule has 2 aromatic carbocycles. The molecule has 0 spiro atoms. The van der Waals surface area contributed by atoms with E-state index in [2.05, 4.69) is 41.3 Å². The van der Waals surface area contributed by atoms with Gasteiger partial charge in [0.1, 0.15) is 5.75 Å². The van der Waals surface area contributed by atoms with Crippen LogP contribution in [0.15, 0.2) is 48.5 Å². The molecule has 1 fully saturated rings. The van der Waals surface area contributed by atoms with Gasteiger partial charge in [0.25, 0.3) is 0 Å². The number of piperidine rings is 1. The van der Waals surface area contributed by atoms with Crippen molar-refractivity contribution in [3.8, 4) is 5.75 Å². The highest BCUT2D eigenvalue weighted by Crippen LogP contribution is 2.43. The Hall–Kier alpha value is -1.80. The molecule has 1 N–H and O–H groups in total. The minimum atomic E-state index is 0.496. The number of rotatable bonds is 2. The third-order valence-electron chi connectivity index (χ3n) is 5.40. The Labute approximate surface area is 132 Å². The van der Waals surface area contributed by atoms with Crippen molar-refractivity contribution in [1.29, 1.82) is 0 Å². The van der Waals surface area contributed by atoms with Gasteiger partial charge in [-0.2, -0.15) is 0 Å². The molecule has 0 aromatic heterocycles. The predicted octanol–water partition coefficient (Wildman–Crippen LogP) is 4.09. The second kappa shape index (κ2) is 5.77. The van der Waals surface area contributed by atoms with Crippen LogP contribution in [0, 0.1) is 0 Å². The van der Waals surface area contributed by atoms with Gasteiger partial charge in [-0.1, -0.05) is 42.5 Å². The minimum Gasteiger partial charge on any atom is -0.508 e. The van der Waals surface area contributed by atoms with Crippen LogP contribution in [-0.4, -0.2) is 22.6 Å². The highest BCUT2D eigenvalue weighted by molar-refractivity contribution is 5.44. The Kier molecular flexibility index (Phi) is 3.63. The lowest BCUT2D eigenvalue weighted by Gasteiger charge is -2.45. The largest absolute Gasteiger partial charge is 0.508 e. The van der Waals surface area contributed by atoms with Crippen LogP contribution in [0.25, 0.3) is 0 Å². The Morgan fingerprint density at radius 3 is 2.73 bits per heavy atom. The number of aromatic hydroxyl groups is 1. The quantitative estimate of drug-likeness (QED) is 0.901. The van der Waals surface area contributed by atoms with Crippen molar-refractivity contribution in [2.24, 2.45) is 0 Å². The Morgan fingerprint density at radius 2 is 1.86 bits per heavy atom. The van der Waals surface area contributed by atoms with Crippen LogP contribution >= 0.6 is 0 Å². The molecule has 1 heterocycles. The van der Waals surface area contributed by atoms with Crippen LogP contribution in [0.3, 0.4) is 0 Å². The number of phenolic OH excluding ortho intramolecular Hbond substituents is 1. The number of likely N-dealkylation sites (tertiary alicyclic amines) is 1.